The quantitative estimate of drug-likeness (QED) is 0.916. The molecule has 2 N–H and O–H groups in total. The fourth-order valence-corrected chi connectivity index (χ4v) is 2.62. The normalized spacial score (nSPS) is 18.4. The molecule has 1 aliphatic rings. The van der Waals surface area contributed by atoms with Gasteiger partial charge in [0.1, 0.15) is 0 Å². The molecular formula is C14H20ClN3O. The number of carbonyl (C=O) groups excluding carboxylic acids is 1. The van der Waals surface area contributed by atoms with Crippen LogP contribution in [-0.2, 0) is 4.79 Å². The Bertz CT molecular complexity index is 470. The maximum Gasteiger partial charge on any atom is 0.234 e. The van der Waals surface area contributed by atoms with E-state index in [1.54, 1.807) is 0 Å². The van der Waals surface area contributed by atoms with Gasteiger partial charge < -0.3 is 10.6 Å². The molecule has 1 heterocycles. The van der Waals surface area contributed by atoms with E-state index in [9.17, 15) is 4.79 Å². The van der Waals surface area contributed by atoms with Gasteiger partial charge >= 0.3 is 0 Å². The standard InChI is InChI=1S/C14H20ClN3O/c1-10-3-4-12(15)9-13(10)18-7-5-17(6-8-18)11(2)14(16)19/h3-4,9,11H,5-8H2,1-2H3,(H2,16,19)/t11-/m1/s1. The predicted octanol–water partition coefficient (Wildman–Crippen LogP) is 1.64. The molecule has 0 saturated carbocycles. The van der Waals surface area contributed by atoms with Crippen LogP contribution in [0.4, 0.5) is 5.69 Å². The number of benzene rings is 1. The van der Waals surface area contributed by atoms with E-state index >= 15 is 0 Å². The maximum atomic E-state index is 11.2. The second-order valence-electron chi connectivity index (χ2n) is 5.03. The summed E-state index contributed by atoms with van der Waals surface area (Å²) in [4.78, 5) is 15.6. The second kappa shape index (κ2) is 5.80. The molecule has 0 aromatic heterocycles. The number of anilines is 1. The van der Waals surface area contributed by atoms with E-state index in [0.717, 1.165) is 31.2 Å². The summed E-state index contributed by atoms with van der Waals surface area (Å²) in [6, 6.07) is 5.76. The van der Waals surface area contributed by atoms with Crippen molar-refractivity contribution in [1.82, 2.24) is 4.90 Å². The third kappa shape index (κ3) is 3.19. The Morgan fingerprint density at radius 2 is 1.95 bits per heavy atom. The van der Waals surface area contributed by atoms with Crippen molar-refractivity contribution in [3.63, 3.8) is 0 Å². The van der Waals surface area contributed by atoms with Gasteiger partial charge in [-0.25, -0.2) is 0 Å². The first-order valence-corrected chi connectivity index (χ1v) is 6.91. The SMILES string of the molecule is Cc1ccc(Cl)cc1N1CCN([C@H](C)C(N)=O)CC1. The van der Waals surface area contributed by atoms with E-state index < -0.39 is 0 Å². The van der Waals surface area contributed by atoms with Crippen LogP contribution in [0.3, 0.4) is 0 Å². The van der Waals surface area contributed by atoms with Crippen LogP contribution in [0.15, 0.2) is 18.2 Å². The van der Waals surface area contributed by atoms with Crippen molar-refractivity contribution < 1.29 is 4.79 Å². The van der Waals surface area contributed by atoms with Gasteiger partial charge in [0, 0.05) is 36.9 Å². The van der Waals surface area contributed by atoms with Crippen molar-refractivity contribution in [2.45, 2.75) is 19.9 Å². The molecule has 1 amide bonds. The monoisotopic (exact) mass is 281 g/mol. The topological polar surface area (TPSA) is 49.6 Å². The molecule has 19 heavy (non-hydrogen) atoms. The first-order chi connectivity index (χ1) is 8.99. The lowest BCUT2D eigenvalue weighted by Crippen LogP contribution is -2.53. The summed E-state index contributed by atoms with van der Waals surface area (Å²) in [5.41, 5.74) is 7.75. The van der Waals surface area contributed by atoms with E-state index in [4.69, 9.17) is 17.3 Å². The Hall–Kier alpha value is -1.26. The zero-order chi connectivity index (χ0) is 14.0. The molecule has 1 aromatic rings. The number of rotatable bonds is 3. The average Bonchev–Trinajstić information content (AvgIpc) is 2.41. The molecule has 104 valence electrons. The summed E-state index contributed by atoms with van der Waals surface area (Å²) in [7, 11) is 0. The minimum Gasteiger partial charge on any atom is -0.369 e. The summed E-state index contributed by atoms with van der Waals surface area (Å²) in [6.07, 6.45) is 0. The average molecular weight is 282 g/mol. The fourth-order valence-electron chi connectivity index (χ4n) is 2.45. The molecule has 1 atom stereocenters. The number of nitrogens with two attached hydrogens (primary N) is 1. The Labute approximate surface area is 119 Å². The van der Waals surface area contributed by atoms with Gasteiger partial charge in [-0.2, -0.15) is 0 Å². The third-order valence-corrected chi connectivity index (χ3v) is 4.02. The Balaban J connectivity index is 2.04. The lowest BCUT2D eigenvalue weighted by atomic mass is 10.1. The van der Waals surface area contributed by atoms with Crippen LogP contribution in [-0.4, -0.2) is 43.0 Å². The molecule has 0 spiro atoms. The van der Waals surface area contributed by atoms with Crippen LogP contribution in [0.2, 0.25) is 5.02 Å². The van der Waals surface area contributed by atoms with Crippen LogP contribution < -0.4 is 10.6 Å². The maximum absolute atomic E-state index is 11.2. The van der Waals surface area contributed by atoms with Crippen molar-refractivity contribution in [3.8, 4) is 0 Å². The first-order valence-electron chi connectivity index (χ1n) is 6.53. The molecule has 2 rings (SSSR count). The molecule has 4 nitrogen and oxygen atoms in total. The number of primary amides is 1. The van der Waals surface area contributed by atoms with Crippen LogP contribution >= 0.6 is 11.6 Å². The molecule has 1 aromatic carbocycles. The molecule has 0 bridgehead atoms. The highest BCUT2D eigenvalue weighted by Crippen LogP contribution is 2.25. The van der Waals surface area contributed by atoms with Crippen molar-refractivity contribution in [2.75, 3.05) is 31.1 Å². The number of piperazine rings is 1. The van der Waals surface area contributed by atoms with Crippen molar-refractivity contribution >= 4 is 23.2 Å². The number of hydrogen-bond donors (Lipinski definition) is 1. The zero-order valence-electron chi connectivity index (χ0n) is 11.4. The van der Waals surface area contributed by atoms with Crippen LogP contribution in [0.25, 0.3) is 0 Å². The van der Waals surface area contributed by atoms with E-state index in [0.29, 0.717) is 0 Å². The van der Waals surface area contributed by atoms with Gasteiger partial charge in [-0.1, -0.05) is 17.7 Å². The van der Waals surface area contributed by atoms with Gasteiger partial charge in [-0.05, 0) is 31.5 Å². The van der Waals surface area contributed by atoms with Gasteiger partial charge in [-0.15, -0.1) is 0 Å². The number of amides is 1. The smallest absolute Gasteiger partial charge is 0.234 e. The van der Waals surface area contributed by atoms with Crippen molar-refractivity contribution in [2.24, 2.45) is 5.73 Å². The van der Waals surface area contributed by atoms with Gasteiger partial charge in [-0.3, -0.25) is 9.69 Å². The predicted molar refractivity (Wildman–Crippen MR) is 78.6 cm³/mol. The lowest BCUT2D eigenvalue weighted by molar-refractivity contribution is -0.122. The molecule has 1 fully saturated rings. The Morgan fingerprint density at radius 3 is 2.53 bits per heavy atom. The first kappa shape index (κ1) is 14.2. The summed E-state index contributed by atoms with van der Waals surface area (Å²) < 4.78 is 0. The van der Waals surface area contributed by atoms with E-state index in [-0.39, 0.29) is 11.9 Å². The van der Waals surface area contributed by atoms with Crippen molar-refractivity contribution in [1.29, 1.82) is 0 Å². The van der Waals surface area contributed by atoms with E-state index in [1.165, 1.54) is 11.3 Å². The number of nitrogens with zero attached hydrogens (tertiary/aromatic N) is 2. The molecular weight excluding hydrogens is 262 g/mol. The molecule has 0 unspecified atom stereocenters. The van der Waals surface area contributed by atoms with Crippen LogP contribution in [0.5, 0.6) is 0 Å². The number of halogens is 1. The third-order valence-electron chi connectivity index (χ3n) is 3.79. The van der Waals surface area contributed by atoms with Crippen molar-refractivity contribution in [3.05, 3.63) is 28.8 Å². The van der Waals surface area contributed by atoms with Gasteiger partial charge in [0.2, 0.25) is 5.91 Å². The molecule has 5 heteroatoms. The largest absolute Gasteiger partial charge is 0.369 e. The van der Waals surface area contributed by atoms with E-state index in [2.05, 4.69) is 16.7 Å². The van der Waals surface area contributed by atoms with Gasteiger partial charge in [0.15, 0.2) is 0 Å². The molecule has 0 aliphatic carbocycles. The molecule has 1 saturated heterocycles. The second-order valence-corrected chi connectivity index (χ2v) is 5.47. The van der Waals surface area contributed by atoms with Gasteiger partial charge in [0.05, 0.1) is 6.04 Å². The number of hydrogen-bond acceptors (Lipinski definition) is 3. The highest BCUT2D eigenvalue weighted by molar-refractivity contribution is 6.30. The number of aryl methyl sites for hydroxylation is 1. The summed E-state index contributed by atoms with van der Waals surface area (Å²) in [6.45, 7) is 7.41. The Kier molecular flexibility index (Phi) is 4.32. The number of carbonyl (C=O) groups is 1. The highest BCUT2D eigenvalue weighted by atomic mass is 35.5. The molecule has 0 radical (unpaired) electrons. The Morgan fingerprint density at radius 1 is 1.32 bits per heavy atom. The lowest BCUT2D eigenvalue weighted by Gasteiger charge is -2.38. The van der Waals surface area contributed by atoms with Crippen LogP contribution in [0, 0.1) is 6.92 Å². The minimum absolute atomic E-state index is 0.192. The zero-order valence-corrected chi connectivity index (χ0v) is 12.2. The molecule has 1 aliphatic heterocycles. The fraction of sp³-hybridized carbons (Fsp3) is 0.500. The van der Waals surface area contributed by atoms with E-state index in [1.807, 2.05) is 25.1 Å². The highest BCUT2D eigenvalue weighted by Gasteiger charge is 2.24. The summed E-state index contributed by atoms with van der Waals surface area (Å²) in [5.74, 6) is -0.257. The minimum atomic E-state index is -0.257. The summed E-state index contributed by atoms with van der Waals surface area (Å²) in [5, 5.41) is 0.758. The van der Waals surface area contributed by atoms with Crippen LogP contribution in [0.1, 0.15) is 12.5 Å². The van der Waals surface area contributed by atoms with Gasteiger partial charge in [0.25, 0.3) is 0 Å². The summed E-state index contributed by atoms with van der Waals surface area (Å²) >= 11 is 6.06.